The van der Waals surface area contributed by atoms with Gasteiger partial charge in [-0.15, -0.1) is 0 Å². The van der Waals surface area contributed by atoms with E-state index in [0.29, 0.717) is 0 Å². The van der Waals surface area contributed by atoms with Crippen LogP contribution in [0.15, 0.2) is 24.3 Å². The molecule has 0 saturated heterocycles. The number of ether oxygens (including phenoxy) is 1. The summed E-state index contributed by atoms with van der Waals surface area (Å²) in [6.07, 6.45) is 0. The van der Waals surface area contributed by atoms with Crippen molar-refractivity contribution in [2.45, 2.75) is 6.92 Å². The molecule has 0 bridgehead atoms. The van der Waals surface area contributed by atoms with Gasteiger partial charge >= 0.3 is 5.97 Å². The third kappa shape index (κ3) is 3.34. The van der Waals surface area contributed by atoms with Crippen LogP contribution in [0.2, 0.25) is 0 Å². The molecule has 0 fully saturated rings. The summed E-state index contributed by atoms with van der Waals surface area (Å²) in [7, 11) is 0. The average molecular weight is 228 g/mol. The van der Waals surface area contributed by atoms with Crippen molar-refractivity contribution in [2.24, 2.45) is 0 Å². The molecule has 0 radical (unpaired) electrons. The van der Waals surface area contributed by atoms with Gasteiger partial charge in [0.2, 0.25) is 0 Å². The van der Waals surface area contributed by atoms with Crippen LogP contribution in [-0.2, 0) is 16.0 Å². The lowest BCUT2D eigenvalue weighted by molar-refractivity contribution is 0.0527. The third-order valence-corrected chi connectivity index (χ3v) is 2.00. The Morgan fingerprint density at radius 3 is 2.80 bits per heavy atom. The first kappa shape index (κ1) is 11.7. The van der Waals surface area contributed by atoms with E-state index in [2.05, 4.69) is 4.72 Å². The van der Waals surface area contributed by atoms with E-state index in [4.69, 9.17) is 4.74 Å². The SMILES string of the molecule is CCOC(=O)c1ccccc1NS(=O)[O-]. The van der Waals surface area contributed by atoms with Crippen LogP contribution in [0.3, 0.4) is 0 Å². The van der Waals surface area contributed by atoms with Crippen molar-refractivity contribution in [1.82, 2.24) is 0 Å². The summed E-state index contributed by atoms with van der Waals surface area (Å²) in [6.45, 7) is 1.92. The van der Waals surface area contributed by atoms with Crippen molar-refractivity contribution in [3.8, 4) is 0 Å². The molecule has 82 valence electrons. The number of hydrogen-bond donors (Lipinski definition) is 1. The van der Waals surface area contributed by atoms with Crippen LogP contribution < -0.4 is 4.72 Å². The molecule has 5 nitrogen and oxygen atoms in total. The zero-order valence-electron chi connectivity index (χ0n) is 8.06. The predicted molar refractivity (Wildman–Crippen MR) is 54.9 cm³/mol. The number of anilines is 1. The first-order valence-electron chi connectivity index (χ1n) is 4.27. The maximum Gasteiger partial charge on any atom is 0.340 e. The van der Waals surface area contributed by atoms with E-state index in [9.17, 15) is 13.6 Å². The molecule has 1 N–H and O–H groups in total. The summed E-state index contributed by atoms with van der Waals surface area (Å²) in [5.74, 6) is -0.550. The van der Waals surface area contributed by atoms with E-state index in [1.165, 1.54) is 12.1 Å². The highest BCUT2D eigenvalue weighted by atomic mass is 32.2. The van der Waals surface area contributed by atoms with E-state index in [1.807, 2.05) is 0 Å². The number of carbonyl (C=O) groups excluding carboxylic acids is 1. The molecule has 0 heterocycles. The van der Waals surface area contributed by atoms with Crippen LogP contribution in [0, 0.1) is 0 Å². The molecule has 1 unspecified atom stereocenters. The summed E-state index contributed by atoms with van der Waals surface area (Å²) < 4.78 is 27.8. The van der Waals surface area contributed by atoms with E-state index in [1.54, 1.807) is 19.1 Å². The monoisotopic (exact) mass is 228 g/mol. The van der Waals surface area contributed by atoms with Gasteiger partial charge in [0.1, 0.15) is 0 Å². The maximum atomic E-state index is 11.4. The summed E-state index contributed by atoms with van der Waals surface area (Å²) in [6, 6.07) is 6.23. The molecule has 0 amide bonds. The second-order valence-electron chi connectivity index (χ2n) is 2.60. The van der Waals surface area contributed by atoms with Crippen molar-refractivity contribution in [2.75, 3.05) is 11.3 Å². The molecule has 0 aliphatic rings. The number of nitrogens with one attached hydrogen (secondary N) is 1. The minimum Gasteiger partial charge on any atom is -0.755 e. The lowest BCUT2D eigenvalue weighted by Gasteiger charge is -2.12. The Hall–Kier alpha value is -1.40. The smallest absolute Gasteiger partial charge is 0.340 e. The molecule has 0 spiro atoms. The fourth-order valence-electron chi connectivity index (χ4n) is 1.05. The summed E-state index contributed by atoms with van der Waals surface area (Å²) in [4.78, 5) is 11.4. The largest absolute Gasteiger partial charge is 0.755 e. The zero-order valence-corrected chi connectivity index (χ0v) is 8.87. The molecule has 15 heavy (non-hydrogen) atoms. The van der Waals surface area contributed by atoms with Gasteiger partial charge in [-0.1, -0.05) is 12.1 Å². The first-order chi connectivity index (χ1) is 7.15. The number of esters is 1. The lowest BCUT2D eigenvalue weighted by atomic mass is 10.2. The van der Waals surface area contributed by atoms with E-state index in [0.717, 1.165) is 0 Å². The second kappa shape index (κ2) is 5.47. The molecule has 1 aromatic carbocycles. The van der Waals surface area contributed by atoms with E-state index in [-0.39, 0.29) is 17.9 Å². The highest BCUT2D eigenvalue weighted by Gasteiger charge is 2.10. The topological polar surface area (TPSA) is 78.5 Å². The van der Waals surface area contributed by atoms with Crippen LogP contribution in [0.1, 0.15) is 17.3 Å². The quantitative estimate of drug-likeness (QED) is 0.617. The number of rotatable bonds is 4. The summed E-state index contributed by atoms with van der Waals surface area (Å²) in [5.41, 5.74) is 0.410. The maximum absolute atomic E-state index is 11.4. The fourth-order valence-corrected chi connectivity index (χ4v) is 1.41. The molecule has 1 aromatic rings. The minimum absolute atomic E-state index is 0.198. The van der Waals surface area contributed by atoms with Crippen LogP contribution in [0.5, 0.6) is 0 Å². The predicted octanol–water partition coefficient (Wildman–Crippen LogP) is 1.07. The molecule has 1 rings (SSSR count). The zero-order chi connectivity index (χ0) is 11.3. The minimum atomic E-state index is -2.46. The molecule has 0 saturated carbocycles. The standard InChI is InChI=1S/C9H11NO4S/c1-2-14-9(11)7-5-3-4-6-8(7)10-15(12)13/h3-6,10H,2H2,1H3,(H,12,13)/p-1. The Morgan fingerprint density at radius 1 is 1.53 bits per heavy atom. The van der Waals surface area contributed by atoms with Crippen molar-refractivity contribution in [3.05, 3.63) is 29.8 Å². The van der Waals surface area contributed by atoms with Gasteiger partial charge in [0, 0.05) is 11.3 Å². The molecule has 0 aromatic heterocycles. The summed E-state index contributed by atoms with van der Waals surface area (Å²) in [5, 5.41) is 0. The second-order valence-corrected chi connectivity index (χ2v) is 3.28. The molecule has 0 aliphatic carbocycles. The van der Waals surface area contributed by atoms with Crippen LogP contribution in [0.25, 0.3) is 0 Å². The normalized spacial score (nSPS) is 11.9. The van der Waals surface area contributed by atoms with E-state index < -0.39 is 17.2 Å². The van der Waals surface area contributed by atoms with Crippen molar-refractivity contribution in [3.63, 3.8) is 0 Å². The number of hydrogen-bond acceptors (Lipinski definition) is 4. The van der Waals surface area contributed by atoms with Gasteiger partial charge in [-0.25, -0.2) is 4.79 Å². The first-order valence-corrected chi connectivity index (χ1v) is 5.34. The Balaban J connectivity index is 2.95. The lowest BCUT2D eigenvalue weighted by Crippen LogP contribution is -2.10. The Kier molecular flexibility index (Phi) is 4.26. The molecular weight excluding hydrogens is 218 g/mol. The molecule has 6 heteroatoms. The van der Waals surface area contributed by atoms with Gasteiger partial charge in [0.25, 0.3) is 0 Å². The Labute approximate surface area is 89.9 Å². The van der Waals surface area contributed by atoms with Gasteiger partial charge < -0.3 is 14.0 Å². The van der Waals surface area contributed by atoms with Crippen LogP contribution >= 0.6 is 0 Å². The molecular formula is C9H10NO4S-. The molecule has 0 aliphatic heterocycles. The van der Waals surface area contributed by atoms with Crippen molar-refractivity contribution in [1.29, 1.82) is 0 Å². The van der Waals surface area contributed by atoms with Crippen molar-refractivity contribution < 1.29 is 18.3 Å². The number of carbonyl (C=O) groups is 1. The van der Waals surface area contributed by atoms with E-state index >= 15 is 0 Å². The third-order valence-electron chi connectivity index (χ3n) is 1.62. The molecule has 1 atom stereocenters. The van der Waals surface area contributed by atoms with Gasteiger partial charge in [0.15, 0.2) is 0 Å². The average Bonchev–Trinajstić information content (AvgIpc) is 2.18. The Bertz CT molecular complexity index is 380. The number of para-hydroxylation sites is 1. The van der Waals surface area contributed by atoms with Gasteiger partial charge in [-0.2, -0.15) is 0 Å². The highest BCUT2D eigenvalue weighted by Crippen LogP contribution is 2.16. The van der Waals surface area contributed by atoms with Crippen LogP contribution in [0.4, 0.5) is 5.69 Å². The van der Waals surface area contributed by atoms with Gasteiger partial charge in [-0.3, -0.25) is 4.21 Å². The Morgan fingerprint density at radius 2 is 2.20 bits per heavy atom. The van der Waals surface area contributed by atoms with Gasteiger partial charge in [-0.05, 0) is 19.1 Å². The van der Waals surface area contributed by atoms with Gasteiger partial charge in [0.05, 0.1) is 17.9 Å². The van der Waals surface area contributed by atoms with Crippen molar-refractivity contribution >= 4 is 22.9 Å². The highest BCUT2D eigenvalue weighted by molar-refractivity contribution is 7.80. The summed E-state index contributed by atoms with van der Waals surface area (Å²) >= 11 is -2.46. The van der Waals surface area contributed by atoms with Crippen LogP contribution in [-0.4, -0.2) is 21.3 Å². The fraction of sp³-hybridized carbons (Fsp3) is 0.222. The number of benzene rings is 1.